The Morgan fingerprint density at radius 1 is 1.07 bits per heavy atom. The van der Waals surface area contributed by atoms with Crippen LogP contribution in [-0.2, 0) is 14.6 Å². The van der Waals surface area contributed by atoms with Gasteiger partial charge in [-0.1, -0.05) is 43.2 Å². The molecule has 0 radical (unpaired) electrons. The van der Waals surface area contributed by atoms with E-state index in [1.165, 1.54) is 16.0 Å². The van der Waals surface area contributed by atoms with Crippen molar-refractivity contribution in [2.75, 3.05) is 31.1 Å². The number of rotatable bonds is 5. The smallest absolute Gasteiger partial charge is 0.278 e. The lowest BCUT2D eigenvalue weighted by Crippen LogP contribution is -3.13. The fraction of sp³-hybridized carbons (Fsp3) is 0.591. The first kappa shape index (κ1) is 19.6. The Kier molecular flexibility index (Phi) is 5.88. The lowest BCUT2D eigenvalue weighted by Gasteiger charge is -2.35. The standard InChI is InChI=1S/C22H30N2O3S/c25-22(16-23-13-10-19(11-14-23)18-6-2-1-3-7-18)24(20-8-4-5-9-20)21-12-15-28(26,27)17-21/h1-3,6-7,10,20-21H,4-5,8-9,11-17H2/p+1/t21-/m1/s1. The van der Waals surface area contributed by atoms with Crippen LogP contribution in [0.5, 0.6) is 0 Å². The molecule has 28 heavy (non-hydrogen) atoms. The van der Waals surface area contributed by atoms with Gasteiger partial charge in [0.05, 0.1) is 24.6 Å². The van der Waals surface area contributed by atoms with Gasteiger partial charge < -0.3 is 9.80 Å². The monoisotopic (exact) mass is 403 g/mol. The normalized spacial score (nSPS) is 27.5. The molecule has 1 unspecified atom stereocenters. The van der Waals surface area contributed by atoms with E-state index in [-0.39, 0.29) is 29.5 Å². The van der Waals surface area contributed by atoms with Crippen molar-refractivity contribution in [3.05, 3.63) is 42.0 Å². The number of nitrogens with one attached hydrogen (secondary N) is 1. The minimum atomic E-state index is -2.98. The highest BCUT2D eigenvalue weighted by molar-refractivity contribution is 7.91. The number of benzene rings is 1. The predicted molar refractivity (Wildman–Crippen MR) is 111 cm³/mol. The van der Waals surface area contributed by atoms with Crippen LogP contribution in [0, 0.1) is 0 Å². The van der Waals surface area contributed by atoms with Gasteiger partial charge in [-0.25, -0.2) is 8.42 Å². The van der Waals surface area contributed by atoms with E-state index in [0.29, 0.717) is 13.0 Å². The maximum Gasteiger partial charge on any atom is 0.278 e. The van der Waals surface area contributed by atoms with Gasteiger partial charge >= 0.3 is 0 Å². The second-order valence-corrected chi connectivity index (χ2v) is 10.8. The summed E-state index contributed by atoms with van der Waals surface area (Å²) in [6.45, 7) is 2.29. The minimum absolute atomic E-state index is 0.111. The van der Waals surface area contributed by atoms with Gasteiger partial charge in [0.2, 0.25) is 0 Å². The van der Waals surface area contributed by atoms with Crippen molar-refractivity contribution in [3.63, 3.8) is 0 Å². The van der Waals surface area contributed by atoms with E-state index in [1.54, 1.807) is 0 Å². The van der Waals surface area contributed by atoms with E-state index in [2.05, 4.69) is 30.3 Å². The Morgan fingerprint density at radius 3 is 2.43 bits per heavy atom. The van der Waals surface area contributed by atoms with Gasteiger partial charge in [-0.2, -0.15) is 0 Å². The molecule has 1 aliphatic carbocycles. The Morgan fingerprint density at radius 2 is 1.82 bits per heavy atom. The van der Waals surface area contributed by atoms with E-state index in [0.717, 1.165) is 45.2 Å². The van der Waals surface area contributed by atoms with Crippen LogP contribution >= 0.6 is 0 Å². The van der Waals surface area contributed by atoms with Crippen molar-refractivity contribution in [2.45, 2.75) is 50.6 Å². The van der Waals surface area contributed by atoms with Crippen LogP contribution < -0.4 is 4.90 Å². The molecule has 2 fully saturated rings. The number of amides is 1. The van der Waals surface area contributed by atoms with Gasteiger partial charge in [-0.15, -0.1) is 0 Å². The number of carbonyl (C=O) groups excluding carboxylic acids is 1. The van der Waals surface area contributed by atoms with Crippen molar-refractivity contribution in [2.24, 2.45) is 0 Å². The van der Waals surface area contributed by atoms with Crippen molar-refractivity contribution >= 4 is 21.3 Å². The minimum Gasteiger partial charge on any atom is -0.331 e. The zero-order valence-corrected chi connectivity index (χ0v) is 17.3. The molecule has 5 nitrogen and oxygen atoms in total. The van der Waals surface area contributed by atoms with Gasteiger partial charge in [0.15, 0.2) is 16.4 Å². The molecule has 2 atom stereocenters. The average molecular weight is 404 g/mol. The Hall–Kier alpha value is -1.66. The van der Waals surface area contributed by atoms with Crippen molar-refractivity contribution in [3.8, 4) is 0 Å². The second-order valence-electron chi connectivity index (χ2n) is 8.52. The number of carbonyl (C=O) groups is 1. The summed E-state index contributed by atoms with van der Waals surface area (Å²) in [6.07, 6.45) is 8.19. The SMILES string of the molecule is O=C(C[NH+]1CC=C(c2ccccc2)CC1)N(C1CCCC1)[C@@H]1CCS(=O)(=O)C1. The lowest BCUT2D eigenvalue weighted by atomic mass is 9.99. The Balaban J connectivity index is 1.41. The lowest BCUT2D eigenvalue weighted by molar-refractivity contribution is -0.887. The molecule has 1 saturated carbocycles. The van der Waals surface area contributed by atoms with Crippen LogP contribution in [0.15, 0.2) is 36.4 Å². The molecule has 1 N–H and O–H groups in total. The van der Waals surface area contributed by atoms with Gasteiger partial charge in [0, 0.05) is 18.5 Å². The molecule has 1 amide bonds. The van der Waals surface area contributed by atoms with Crippen LogP contribution in [0.3, 0.4) is 0 Å². The number of hydrogen-bond acceptors (Lipinski definition) is 3. The molecule has 2 heterocycles. The number of sulfone groups is 1. The summed E-state index contributed by atoms with van der Waals surface area (Å²) in [5.74, 6) is 0.539. The molecule has 3 aliphatic rings. The molecule has 4 rings (SSSR count). The molecule has 0 spiro atoms. The number of hydrogen-bond donors (Lipinski definition) is 1. The number of quaternary nitrogens is 1. The summed E-state index contributed by atoms with van der Waals surface area (Å²) in [6, 6.07) is 10.6. The zero-order valence-electron chi connectivity index (χ0n) is 16.5. The summed E-state index contributed by atoms with van der Waals surface area (Å²) in [7, 11) is -2.98. The highest BCUT2D eigenvalue weighted by Crippen LogP contribution is 2.29. The quantitative estimate of drug-likeness (QED) is 0.807. The van der Waals surface area contributed by atoms with E-state index in [9.17, 15) is 13.2 Å². The molecule has 1 saturated heterocycles. The Bertz CT molecular complexity index is 829. The third-order valence-corrected chi connectivity index (χ3v) is 8.29. The molecule has 1 aromatic rings. The summed E-state index contributed by atoms with van der Waals surface area (Å²) < 4.78 is 24.0. The van der Waals surface area contributed by atoms with E-state index < -0.39 is 9.84 Å². The average Bonchev–Trinajstić information content (AvgIpc) is 3.33. The first-order valence-corrected chi connectivity index (χ1v) is 12.4. The summed E-state index contributed by atoms with van der Waals surface area (Å²) >= 11 is 0. The van der Waals surface area contributed by atoms with Crippen molar-refractivity contribution in [1.29, 1.82) is 0 Å². The predicted octanol–water partition coefficient (Wildman–Crippen LogP) is 1.32. The largest absolute Gasteiger partial charge is 0.331 e. The fourth-order valence-electron chi connectivity index (χ4n) is 5.05. The third-order valence-electron chi connectivity index (χ3n) is 6.54. The Labute approximate surface area is 168 Å². The zero-order chi connectivity index (χ0) is 19.6. The summed E-state index contributed by atoms with van der Waals surface area (Å²) in [5.41, 5.74) is 2.64. The van der Waals surface area contributed by atoms with E-state index in [4.69, 9.17) is 0 Å². The molecular weight excluding hydrogens is 372 g/mol. The molecular formula is C22H31N2O3S+. The first-order chi connectivity index (χ1) is 13.5. The molecule has 0 aromatic heterocycles. The first-order valence-electron chi connectivity index (χ1n) is 10.6. The van der Waals surface area contributed by atoms with E-state index in [1.807, 2.05) is 11.0 Å². The van der Waals surface area contributed by atoms with Crippen molar-refractivity contribution in [1.82, 2.24) is 4.90 Å². The van der Waals surface area contributed by atoms with Crippen LogP contribution in [0.1, 0.15) is 44.1 Å². The highest BCUT2D eigenvalue weighted by Gasteiger charge is 2.40. The fourth-order valence-corrected chi connectivity index (χ4v) is 6.76. The van der Waals surface area contributed by atoms with Crippen LogP contribution in [0.2, 0.25) is 0 Å². The van der Waals surface area contributed by atoms with Crippen molar-refractivity contribution < 1.29 is 18.1 Å². The van der Waals surface area contributed by atoms with Crippen LogP contribution in [-0.4, -0.2) is 62.4 Å². The van der Waals surface area contributed by atoms with Gasteiger partial charge in [0.1, 0.15) is 0 Å². The summed E-state index contributed by atoms with van der Waals surface area (Å²) in [4.78, 5) is 16.5. The second kappa shape index (κ2) is 8.37. The molecule has 152 valence electrons. The highest BCUT2D eigenvalue weighted by atomic mass is 32.2. The molecule has 6 heteroatoms. The van der Waals surface area contributed by atoms with Gasteiger partial charge in [0.25, 0.3) is 5.91 Å². The third kappa shape index (κ3) is 4.49. The number of nitrogens with zero attached hydrogens (tertiary/aromatic N) is 1. The topological polar surface area (TPSA) is 58.9 Å². The molecule has 2 aliphatic heterocycles. The van der Waals surface area contributed by atoms with Crippen LogP contribution in [0.25, 0.3) is 5.57 Å². The molecule has 0 bridgehead atoms. The van der Waals surface area contributed by atoms with Crippen LogP contribution in [0.4, 0.5) is 0 Å². The van der Waals surface area contributed by atoms with Gasteiger partial charge in [-0.3, -0.25) is 4.79 Å². The summed E-state index contributed by atoms with van der Waals surface area (Å²) in [5, 5.41) is 0. The maximum absolute atomic E-state index is 13.2. The molecule has 1 aromatic carbocycles. The van der Waals surface area contributed by atoms with E-state index >= 15 is 0 Å². The van der Waals surface area contributed by atoms with Gasteiger partial charge in [-0.05, 0) is 36.5 Å². The maximum atomic E-state index is 13.2.